The number of ether oxygens (including phenoxy) is 2. The Bertz CT molecular complexity index is 716. The van der Waals surface area contributed by atoms with Gasteiger partial charge in [0.25, 0.3) is 5.91 Å². The largest absolute Gasteiger partial charge is 0.497 e. The second-order valence-corrected chi connectivity index (χ2v) is 5.30. The molecule has 0 aliphatic carbocycles. The Morgan fingerprint density at radius 1 is 1.29 bits per heavy atom. The van der Waals surface area contributed by atoms with Crippen LogP contribution in [0, 0.1) is 5.82 Å². The summed E-state index contributed by atoms with van der Waals surface area (Å²) in [6.07, 6.45) is 1.69. The van der Waals surface area contributed by atoms with Gasteiger partial charge in [-0.05, 0) is 24.3 Å². The van der Waals surface area contributed by atoms with Crippen LogP contribution < -0.4 is 15.0 Å². The minimum atomic E-state index is -0.642. The molecule has 1 amide bonds. The van der Waals surface area contributed by atoms with E-state index in [0.29, 0.717) is 24.8 Å². The molecule has 0 saturated carbocycles. The van der Waals surface area contributed by atoms with Crippen LogP contribution in [0.4, 0.5) is 15.9 Å². The molecule has 0 bridgehead atoms. The summed E-state index contributed by atoms with van der Waals surface area (Å²) in [5.41, 5.74) is 0.904. The predicted molar refractivity (Wildman–Crippen MR) is 88.2 cm³/mol. The molecule has 0 spiro atoms. The third kappa shape index (κ3) is 3.62. The Hall–Kier alpha value is -2.67. The van der Waals surface area contributed by atoms with Crippen LogP contribution in [0.25, 0.3) is 0 Å². The fourth-order valence-corrected chi connectivity index (χ4v) is 2.46. The molecule has 1 N–H and O–H groups in total. The molecule has 1 aromatic heterocycles. The molecule has 126 valence electrons. The summed E-state index contributed by atoms with van der Waals surface area (Å²) in [5.74, 6) is -0.470. The van der Waals surface area contributed by atoms with Gasteiger partial charge in [0.15, 0.2) is 0 Å². The number of hydrogen-bond donors (Lipinski definition) is 1. The number of halogens is 1. The molecule has 6 nitrogen and oxygen atoms in total. The van der Waals surface area contributed by atoms with Crippen molar-refractivity contribution in [1.82, 2.24) is 4.98 Å². The Morgan fingerprint density at radius 3 is 2.71 bits per heavy atom. The molecule has 0 unspecified atom stereocenters. The second-order valence-electron chi connectivity index (χ2n) is 5.30. The van der Waals surface area contributed by atoms with Crippen LogP contribution in [-0.2, 0) is 4.74 Å². The van der Waals surface area contributed by atoms with Gasteiger partial charge < -0.3 is 19.7 Å². The monoisotopic (exact) mass is 331 g/mol. The minimum Gasteiger partial charge on any atom is -0.497 e. The number of hydrogen-bond acceptors (Lipinski definition) is 5. The highest BCUT2D eigenvalue weighted by molar-refractivity contribution is 6.04. The first-order chi connectivity index (χ1) is 11.7. The Kier molecular flexibility index (Phi) is 4.90. The van der Waals surface area contributed by atoms with Crippen LogP contribution >= 0.6 is 0 Å². The highest BCUT2D eigenvalue weighted by Gasteiger charge is 2.15. The standard InChI is InChI=1S/C17H18FN3O3/c1-23-13-3-4-14(15(18)10-13)17(22)20-16-5-2-12(11-19-16)21-6-8-24-9-7-21/h2-5,10-11H,6-9H2,1H3,(H,19,20,22). The lowest BCUT2D eigenvalue weighted by Gasteiger charge is -2.28. The molecular formula is C17H18FN3O3. The highest BCUT2D eigenvalue weighted by atomic mass is 19.1. The lowest BCUT2D eigenvalue weighted by molar-refractivity contribution is 0.102. The number of rotatable bonds is 4. The number of morpholine rings is 1. The SMILES string of the molecule is COc1ccc(C(=O)Nc2ccc(N3CCOCC3)cn2)c(F)c1. The third-order valence-electron chi connectivity index (χ3n) is 3.79. The van der Waals surface area contributed by atoms with Crippen LogP contribution in [0.1, 0.15) is 10.4 Å². The topological polar surface area (TPSA) is 63.7 Å². The van der Waals surface area contributed by atoms with Gasteiger partial charge in [-0.25, -0.2) is 9.37 Å². The van der Waals surface area contributed by atoms with Crippen molar-refractivity contribution in [3.63, 3.8) is 0 Å². The van der Waals surface area contributed by atoms with Gasteiger partial charge in [-0.3, -0.25) is 4.79 Å². The highest BCUT2D eigenvalue weighted by Crippen LogP contribution is 2.19. The van der Waals surface area contributed by atoms with Crippen molar-refractivity contribution in [2.45, 2.75) is 0 Å². The molecule has 1 saturated heterocycles. The molecule has 0 atom stereocenters. The number of nitrogens with zero attached hydrogens (tertiary/aromatic N) is 2. The fourth-order valence-electron chi connectivity index (χ4n) is 2.46. The fraction of sp³-hybridized carbons (Fsp3) is 0.294. The molecule has 3 rings (SSSR count). The first-order valence-corrected chi connectivity index (χ1v) is 7.61. The molecule has 2 heterocycles. The summed E-state index contributed by atoms with van der Waals surface area (Å²) >= 11 is 0. The first kappa shape index (κ1) is 16.2. The van der Waals surface area contributed by atoms with E-state index >= 15 is 0 Å². The molecule has 1 aliphatic rings. The number of carbonyl (C=O) groups excluding carboxylic acids is 1. The molecule has 2 aromatic rings. The minimum absolute atomic E-state index is 0.0603. The van der Waals surface area contributed by atoms with Crippen molar-refractivity contribution in [1.29, 1.82) is 0 Å². The Morgan fingerprint density at radius 2 is 2.08 bits per heavy atom. The van der Waals surface area contributed by atoms with Gasteiger partial charge >= 0.3 is 0 Å². The maximum Gasteiger partial charge on any atom is 0.259 e. The number of anilines is 2. The van der Waals surface area contributed by atoms with E-state index in [1.54, 1.807) is 12.3 Å². The zero-order chi connectivity index (χ0) is 16.9. The number of methoxy groups -OCH3 is 1. The van der Waals surface area contributed by atoms with Crippen molar-refractivity contribution in [2.24, 2.45) is 0 Å². The van der Waals surface area contributed by atoms with Crippen LogP contribution in [-0.4, -0.2) is 44.3 Å². The summed E-state index contributed by atoms with van der Waals surface area (Å²) in [6.45, 7) is 3.00. The third-order valence-corrected chi connectivity index (χ3v) is 3.79. The van der Waals surface area contributed by atoms with Crippen molar-refractivity contribution >= 4 is 17.4 Å². The summed E-state index contributed by atoms with van der Waals surface area (Å²) in [7, 11) is 1.44. The van der Waals surface area contributed by atoms with Crippen LogP contribution in [0.5, 0.6) is 5.75 Å². The van der Waals surface area contributed by atoms with E-state index in [0.717, 1.165) is 18.8 Å². The number of aromatic nitrogens is 1. The van der Waals surface area contributed by atoms with E-state index in [1.807, 2.05) is 6.07 Å². The maximum absolute atomic E-state index is 13.9. The normalized spacial score (nSPS) is 14.3. The van der Waals surface area contributed by atoms with Gasteiger partial charge in [-0.2, -0.15) is 0 Å². The van der Waals surface area contributed by atoms with Gasteiger partial charge in [0.2, 0.25) is 0 Å². The quantitative estimate of drug-likeness (QED) is 0.931. The summed E-state index contributed by atoms with van der Waals surface area (Å²) in [4.78, 5) is 18.5. The van der Waals surface area contributed by atoms with E-state index in [1.165, 1.54) is 25.3 Å². The zero-order valence-corrected chi connectivity index (χ0v) is 13.3. The van der Waals surface area contributed by atoms with Gasteiger partial charge in [-0.15, -0.1) is 0 Å². The van der Waals surface area contributed by atoms with Crippen LogP contribution in [0.15, 0.2) is 36.5 Å². The number of amides is 1. The molecule has 0 radical (unpaired) electrons. The van der Waals surface area contributed by atoms with Gasteiger partial charge in [0, 0.05) is 19.2 Å². The second kappa shape index (κ2) is 7.27. The number of nitrogens with one attached hydrogen (secondary N) is 1. The number of benzene rings is 1. The number of carbonyl (C=O) groups is 1. The lowest BCUT2D eigenvalue weighted by atomic mass is 10.2. The number of pyridine rings is 1. The van der Waals surface area contributed by atoms with Crippen LogP contribution in [0.2, 0.25) is 0 Å². The first-order valence-electron chi connectivity index (χ1n) is 7.61. The Balaban J connectivity index is 1.68. The van der Waals surface area contributed by atoms with E-state index in [9.17, 15) is 9.18 Å². The molecule has 24 heavy (non-hydrogen) atoms. The summed E-state index contributed by atoms with van der Waals surface area (Å²) in [5, 5.41) is 2.59. The predicted octanol–water partition coefficient (Wildman–Crippen LogP) is 2.32. The molecular weight excluding hydrogens is 313 g/mol. The Labute approximate surface area is 139 Å². The van der Waals surface area contributed by atoms with Crippen molar-refractivity contribution < 1.29 is 18.7 Å². The van der Waals surface area contributed by atoms with Gasteiger partial charge in [0.1, 0.15) is 17.4 Å². The van der Waals surface area contributed by atoms with Gasteiger partial charge in [-0.1, -0.05) is 0 Å². The average molecular weight is 331 g/mol. The van der Waals surface area contributed by atoms with E-state index in [4.69, 9.17) is 9.47 Å². The molecule has 1 fully saturated rings. The summed E-state index contributed by atoms with van der Waals surface area (Å²) in [6, 6.07) is 7.66. The van der Waals surface area contributed by atoms with E-state index < -0.39 is 11.7 Å². The molecule has 7 heteroatoms. The van der Waals surface area contributed by atoms with Crippen molar-refractivity contribution in [3.8, 4) is 5.75 Å². The maximum atomic E-state index is 13.9. The van der Waals surface area contributed by atoms with Crippen molar-refractivity contribution in [2.75, 3.05) is 43.6 Å². The van der Waals surface area contributed by atoms with Crippen LogP contribution in [0.3, 0.4) is 0 Å². The average Bonchev–Trinajstić information content (AvgIpc) is 2.63. The summed E-state index contributed by atoms with van der Waals surface area (Å²) < 4.78 is 24.1. The van der Waals surface area contributed by atoms with E-state index in [-0.39, 0.29) is 5.56 Å². The lowest BCUT2D eigenvalue weighted by Crippen LogP contribution is -2.36. The smallest absolute Gasteiger partial charge is 0.259 e. The molecule has 1 aliphatic heterocycles. The van der Waals surface area contributed by atoms with E-state index in [2.05, 4.69) is 15.2 Å². The molecule has 1 aromatic carbocycles. The van der Waals surface area contributed by atoms with Crippen molar-refractivity contribution in [3.05, 3.63) is 47.9 Å². The van der Waals surface area contributed by atoms with Gasteiger partial charge in [0.05, 0.1) is 37.8 Å². The zero-order valence-electron chi connectivity index (χ0n) is 13.3.